The van der Waals surface area contributed by atoms with Crippen molar-refractivity contribution in [3.63, 3.8) is 0 Å². The van der Waals surface area contributed by atoms with Gasteiger partial charge in [0, 0.05) is 29.0 Å². The normalized spacial score (nSPS) is 20.6. The van der Waals surface area contributed by atoms with Crippen molar-refractivity contribution in [2.45, 2.75) is 31.6 Å². The lowest BCUT2D eigenvalue weighted by atomic mass is 9.86. The molecule has 1 atom stereocenters. The van der Waals surface area contributed by atoms with E-state index in [1.807, 2.05) is 24.3 Å². The van der Waals surface area contributed by atoms with Gasteiger partial charge >= 0.3 is 0 Å². The maximum absolute atomic E-state index is 12.5. The van der Waals surface area contributed by atoms with Gasteiger partial charge in [0.25, 0.3) is 0 Å². The van der Waals surface area contributed by atoms with Gasteiger partial charge in [-0.1, -0.05) is 33.7 Å². The summed E-state index contributed by atoms with van der Waals surface area (Å²) in [5.41, 5.74) is 0.812. The number of halogens is 1. The summed E-state index contributed by atoms with van der Waals surface area (Å²) in [6.45, 7) is 0.389. The van der Waals surface area contributed by atoms with E-state index in [1.165, 1.54) is 17.8 Å². The lowest BCUT2D eigenvalue weighted by Gasteiger charge is -2.21. The molecule has 130 valence electrons. The molecule has 1 N–H and O–H groups in total. The SMILES string of the molecule is O=C(Nc1nnc(C2CCC2)s1)[C@H]1CC(=O)N(c2ccc(Br)cc2)C1. The molecule has 1 aromatic heterocycles. The second-order valence-electron chi connectivity index (χ2n) is 6.44. The monoisotopic (exact) mass is 420 g/mol. The van der Waals surface area contributed by atoms with E-state index < -0.39 is 0 Å². The molecule has 1 aliphatic carbocycles. The number of nitrogens with one attached hydrogen (secondary N) is 1. The first-order valence-corrected chi connectivity index (χ1v) is 9.91. The number of hydrogen-bond acceptors (Lipinski definition) is 5. The van der Waals surface area contributed by atoms with Gasteiger partial charge in [-0.3, -0.25) is 9.59 Å². The van der Waals surface area contributed by atoms with Gasteiger partial charge in [0.05, 0.1) is 5.92 Å². The number of carbonyl (C=O) groups excluding carboxylic acids is 2. The minimum absolute atomic E-state index is 0.0325. The molecule has 2 fully saturated rings. The number of rotatable bonds is 4. The molecule has 2 aliphatic rings. The Morgan fingerprint density at radius 3 is 2.68 bits per heavy atom. The van der Waals surface area contributed by atoms with Crippen LogP contribution in [0.25, 0.3) is 0 Å². The molecule has 4 rings (SSSR count). The quantitative estimate of drug-likeness (QED) is 0.819. The van der Waals surface area contributed by atoms with Gasteiger partial charge < -0.3 is 10.2 Å². The Morgan fingerprint density at radius 1 is 1.24 bits per heavy atom. The Bertz CT molecular complexity index is 803. The van der Waals surface area contributed by atoms with Crippen LogP contribution >= 0.6 is 27.3 Å². The topological polar surface area (TPSA) is 75.2 Å². The molecule has 0 spiro atoms. The summed E-state index contributed by atoms with van der Waals surface area (Å²) in [6.07, 6.45) is 3.77. The van der Waals surface area contributed by atoms with Crippen LogP contribution < -0.4 is 10.2 Å². The van der Waals surface area contributed by atoms with Crippen molar-refractivity contribution in [2.75, 3.05) is 16.8 Å². The van der Waals surface area contributed by atoms with Gasteiger partial charge in [0.2, 0.25) is 16.9 Å². The highest BCUT2D eigenvalue weighted by Gasteiger charge is 2.35. The molecular weight excluding hydrogens is 404 g/mol. The van der Waals surface area contributed by atoms with E-state index in [4.69, 9.17) is 0 Å². The number of carbonyl (C=O) groups is 2. The molecule has 2 aromatic rings. The molecule has 1 saturated heterocycles. The summed E-state index contributed by atoms with van der Waals surface area (Å²) in [4.78, 5) is 26.4. The highest BCUT2D eigenvalue weighted by atomic mass is 79.9. The van der Waals surface area contributed by atoms with Crippen LogP contribution in [0.3, 0.4) is 0 Å². The Hall–Kier alpha value is -1.80. The summed E-state index contributed by atoms with van der Waals surface area (Å²) < 4.78 is 0.954. The van der Waals surface area contributed by atoms with E-state index in [9.17, 15) is 9.59 Å². The summed E-state index contributed by atoms with van der Waals surface area (Å²) in [7, 11) is 0. The maximum atomic E-state index is 12.5. The van der Waals surface area contributed by atoms with Gasteiger partial charge in [0.15, 0.2) is 0 Å². The molecule has 6 nitrogen and oxygen atoms in total. The van der Waals surface area contributed by atoms with Crippen LogP contribution in [0.4, 0.5) is 10.8 Å². The Kier molecular flexibility index (Phi) is 4.56. The second-order valence-corrected chi connectivity index (χ2v) is 8.37. The summed E-state index contributed by atoms with van der Waals surface area (Å²) in [5, 5.41) is 12.6. The summed E-state index contributed by atoms with van der Waals surface area (Å²) in [5.74, 6) is -0.0597. The Balaban J connectivity index is 1.40. The number of aromatic nitrogens is 2. The van der Waals surface area contributed by atoms with Crippen LogP contribution in [-0.4, -0.2) is 28.6 Å². The number of nitrogens with zero attached hydrogens (tertiary/aromatic N) is 3. The number of anilines is 2. The van der Waals surface area contributed by atoms with Gasteiger partial charge in [-0.25, -0.2) is 0 Å². The maximum Gasteiger partial charge on any atom is 0.231 e. The third-order valence-corrected chi connectivity index (χ3v) is 6.29. The molecule has 2 heterocycles. The third-order valence-electron chi connectivity index (χ3n) is 4.76. The predicted octanol–water partition coefficient (Wildman–Crippen LogP) is 3.56. The average molecular weight is 421 g/mol. The van der Waals surface area contributed by atoms with Crippen LogP contribution in [0.2, 0.25) is 0 Å². The molecule has 0 bridgehead atoms. The van der Waals surface area contributed by atoms with Crippen LogP contribution in [0.1, 0.15) is 36.6 Å². The van der Waals surface area contributed by atoms with E-state index in [-0.39, 0.29) is 24.2 Å². The fraction of sp³-hybridized carbons (Fsp3) is 0.412. The zero-order valence-electron chi connectivity index (χ0n) is 13.4. The van der Waals surface area contributed by atoms with Gasteiger partial charge in [-0.15, -0.1) is 10.2 Å². The fourth-order valence-corrected chi connectivity index (χ4v) is 4.25. The average Bonchev–Trinajstić information content (AvgIpc) is 3.14. The summed E-state index contributed by atoms with van der Waals surface area (Å²) >= 11 is 4.83. The highest BCUT2D eigenvalue weighted by Crippen LogP contribution is 2.38. The van der Waals surface area contributed by atoms with E-state index in [0.29, 0.717) is 17.6 Å². The Labute approximate surface area is 157 Å². The minimum atomic E-state index is -0.368. The van der Waals surface area contributed by atoms with Gasteiger partial charge in [-0.05, 0) is 37.1 Å². The molecule has 8 heteroatoms. The number of hydrogen-bond donors (Lipinski definition) is 1. The molecule has 2 amide bonds. The fourth-order valence-electron chi connectivity index (χ4n) is 3.07. The molecule has 1 aliphatic heterocycles. The van der Waals surface area contributed by atoms with Crippen molar-refractivity contribution in [1.29, 1.82) is 0 Å². The second kappa shape index (κ2) is 6.84. The molecule has 1 aromatic carbocycles. The number of amides is 2. The van der Waals surface area contributed by atoms with E-state index in [2.05, 4.69) is 31.4 Å². The highest BCUT2D eigenvalue weighted by molar-refractivity contribution is 9.10. The molecular formula is C17H17BrN4O2S. The van der Waals surface area contributed by atoms with Crippen molar-refractivity contribution in [3.05, 3.63) is 33.7 Å². The standard InChI is InChI=1S/C17H17BrN4O2S/c18-12-4-6-13(7-5-12)22-9-11(8-14(22)23)15(24)19-17-21-20-16(25-17)10-2-1-3-10/h4-7,10-11H,1-3,8-9H2,(H,19,21,24)/t11-/m0/s1. The zero-order chi connectivity index (χ0) is 17.4. The van der Waals surface area contributed by atoms with Crippen molar-refractivity contribution in [3.8, 4) is 0 Å². The van der Waals surface area contributed by atoms with Crippen molar-refractivity contribution in [2.24, 2.45) is 5.92 Å². The largest absolute Gasteiger partial charge is 0.312 e. The first-order valence-electron chi connectivity index (χ1n) is 8.30. The van der Waals surface area contributed by atoms with Crippen molar-refractivity contribution in [1.82, 2.24) is 10.2 Å². The van der Waals surface area contributed by atoms with Crippen LogP contribution in [0.15, 0.2) is 28.7 Å². The molecule has 0 radical (unpaired) electrons. The first-order chi connectivity index (χ1) is 12.1. The smallest absolute Gasteiger partial charge is 0.231 e. The number of benzene rings is 1. The van der Waals surface area contributed by atoms with Gasteiger partial charge in [-0.2, -0.15) is 0 Å². The molecule has 25 heavy (non-hydrogen) atoms. The predicted molar refractivity (Wildman–Crippen MR) is 99.7 cm³/mol. The lowest BCUT2D eigenvalue weighted by Crippen LogP contribution is -2.28. The molecule has 0 unspecified atom stereocenters. The van der Waals surface area contributed by atoms with E-state index in [1.54, 1.807) is 4.90 Å². The molecule has 1 saturated carbocycles. The van der Waals surface area contributed by atoms with Crippen LogP contribution in [0, 0.1) is 5.92 Å². The van der Waals surface area contributed by atoms with Crippen LogP contribution in [0.5, 0.6) is 0 Å². The zero-order valence-corrected chi connectivity index (χ0v) is 15.8. The van der Waals surface area contributed by atoms with Crippen LogP contribution in [-0.2, 0) is 9.59 Å². The minimum Gasteiger partial charge on any atom is -0.312 e. The Morgan fingerprint density at radius 2 is 2.00 bits per heavy atom. The summed E-state index contributed by atoms with van der Waals surface area (Å²) in [6, 6.07) is 7.52. The lowest BCUT2D eigenvalue weighted by molar-refractivity contribution is -0.122. The first kappa shape index (κ1) is 16.7. The third kappa shape index (κ3) is 3.46. The van der Waals surface area contributed by atoms with Crippen molar-refractivity contribution < 1.29 is 9.59 Å². The van der Waals surface area contributed by atoms with Gasteiger partial charge in [0.1, 0.15) is 5.01 Å². The van der Waals surface area contributed by atoms with Crippen molar-refractivity contribution >= 4 is 49.9 Å². The van der Waals surface area contributed by atoms with E-state index in [0.717, 1.165) is 28.0 Å². The van der Waals surface area contributed by atoms with E-state index >= 15 is 0 Å².